The molecule has 0 aromatic rings. The molecule has 1 aliphatic rings. The van der Waals surface area contributed by atoms with Crippen LogP contribution in [0.15, 0.2) is 0 Å². The van der Waals surface area contributed by atoms with E-state index in [4.69, 9.17) is 5.73 Å². The normalized spacial score (nSPS) is 25.3. The van der Waals surface area contributed by atoms with Gasteiger partial charge in [0.05, 0.1) is 0 Å². The van der Waals surface area contributed by atoms with Crippen molar-refractivity contribution in [3.05, 3.63) is 0 Å². The van der Waals surface area contributed by atoms with Gasteiger partial charge in [0.2, 0.25) is 5.91 Å². The summed E-state index contributed by atoms with van der Waals surface area (Å²) in [6.07, 6.45) is 1.38. The van der Waals surface area contributed by atoms with E-state index in [1.165, 1.54) is 0 Å². The molecule has 1 heterocycles. The number of hydrogen-bond acceptors (Lipinski definition) is 3. The molecule has 0 radical (unpaired) electrons. The molecule has 15 heavy (non-hydrogen) atoms. The second-order valence-corrected chi connectivity index (χ2v) is 4.69. The van der Waals surface area contributed by atoms with Crippen LogP contribution in [0.2, 0.25) is 0 Å². The summed E-state index contributed by atoms with van der Waals surface area (Å²) in [6, 6.07) is 0.594. The van der Waals surface area contributed by atoms with Crippen molar-refractivity contribution in [3.8, 4) is 0 Å². The summed E-state index contributed by atoms with van der Waals surface area (Å²) in [5.41, 5.74) is 5.64. The molecule has 2 N–H and O–H groups in total. The van der Waals surface area contributed by atoms with E-state index in [0.29, 0.717) is 12.5 Å². The fourth-order valence-corrected chi connectivity index (χ4v) is 1.78. The standard InChI is InChI=1S/C11H23N3O/c1-9(12)4-5-11(15)14-7-6-13(3)10(2)8-14/h9-10H,4-8,12H2,1-3H3. The highest BCUT2D eigenvalue weighted by atomic mass is 16.2. The Morgan fingerprint density at radius 3 is 2.73 bits per heavy atom. The summed E-state index contributed by atoms with van der Waals surface area (Å²) in [4.78, 5) is 16.1. The molecule has 1 fully saturated rings. The number of nitrogens with two attached hydrogens (primary N) is 1. The zero-order valence-corrected chi connectivity index (χ0v) is 10.1. The second kappa shape index (κ2) is 5.47. The first-order valence-electron chi connectivity index (χ1n) is 5.74. The molecule has 0 saturated carbocycles. The van der Waals surface area contributed by atoms with Crippen molar-refractivity contribution >= 4 is 5.91 Å². The number of amides is 1. The lowest BCUT2D eigenvalue weighted by Gasteiger charge is -2.37. The van der Waals surface area contributed by atoms with Gasteiger partial charge in [0.25, 0.3) is 0 Å². The lowest BCUT2D eigenvalue weighted by Crippen LogP contribution is -2.52. The van der Waals surface area contributed by atoms with Crippen LogP contribution in [0, 0.1) is 0 Å². The molecular weight excluding hydrogens is 190 g/mol. The third-order valence-corrected chi connectivity index (χ3v) is 3.13. The molecule has 0 aliphatic carbocycles. The topological polar surface area (TPSA) is 49.6 Å². The molecule has 1 rings (SSSR count). The van der Waals surface area contributed by atoms with Crippen molar-refractivity contribution in [2.24, 2.45) is 5.73 Å². The number of nitrogens with zero attached hydrogens (tertiary/aromatic N) is 2. The van der Waals surface area contributed by atoms with Gasteiger partial charge in [0.1, 0.15) is 0 Å². The van der Waals surface area contributed by atoms with Crippen molar-refractivity contribution in [3.63, 3.8) is 0 Å². The maximum Gasteiger partial charge on any atom is 0.222 e. The molecule has 2 atom stereocenters. The summed E-state index contributed by atoms with van der Waals surface area (Å²) in [5.74, 6) is 0.257. The Morgan fingerprint density at radius 2 is 2.20 bits per heavy atom. The second-order valence-electron chi connectivity index (χ2n) is 4.69. The molecule has 0 aromatic heterocycles. The minimum Gasteiger partial charge on any atom is -0.340 e. The van der Waals surface area contributed by atoms with E-state index in [1.807, 2.05) is 11.8 Å². The van der Waals surface area contributed by atoms with E-state index in [0.717, 1.165) is 26.1 Å². The lowest BCUT2D eigenvalue weighted by molar-refractivity contribution is -0.133. The summed E-state index contributed by atoms with van der Waals surface area (Å²) in [7, 11) is 2.11. The molecule has 0 bridgehead atoms. The number of likely N-dealkylation sites (N-methyl/N-ethyl adjacent to an activating group) is 1. The summed E-state index contributed by atoms with van der Waals surface area (Å²) in [6.45, 7) is 6.79. The van der Waals surface area contributed by atoms with Crippen LogP contribution in [0.25, 0.3) is 0 Å². The molecule has 1 amide bonds. The van der Waals surface area contributed by atoms with Crippen molar-refractivity contribution in [1.29, 1.82) is 0 Å². The van der Waals surface area contributed by atoms with Crippen LogP contribution in [0.5, 0.6) is 0 Å². The van der Waals surface area contributed by atoms with Gasteiger partial charge in [-0.3, -0.25) is 4.79 Å². The van der Waals surface area contributed by atoms with E-state index in [-0.39, 0.29) is 11.9 Å². The average molecular weight is 213 g/mol. The van der Waals surface area contributed by atoms with Crippen LogP contribution in [0.4, 0.5) is 0 Å². The summed E-state index contributed by atoms with van der Waals surface area (Å²) >= 11 is 0. The zero-order chi connectivity index (χ0) is 11.4. The molecular formula is C11H23N3O. The van der Waals surface area contributed by atoms with Gasteiger partial charge in [-0.05, 0) is 27.3 Å². The van der Waals surface area contributed by atoms with E-state index in [1.54, 1.807) is 0 Å². The molecule has 0 aromatic carbocycles. The van der Waals surface area contributed by atoms with Gasteiger partial charge in [0.15, 0.2) is 0 Å². The highest BCUT2D eigenvalue weighted by molar-refractivity contribution is 5.76. The summed E-state index contributed by atoms with van der Waals surface area (Å²) in [5, 5.41) is 0. The fourth-order valence-electron chi connectivity index (χ4n) is 1.78. The van der Waals surface area contributed by atoms with E-state index in [9.17, 15) is 4.79 Å². The number of hydrogen-bond donors (Lipinski definition) is 1. The maximum atomic E-state index is 11.8. The van der Waals surface area contributed by atoms with E-state index < -0.39 is 0 Å². The average Bonchev–Trinajstić information content (AvgIpc) is 2.18. The quantitative estimate of drug-likeness (QED) is 0.732. The third-order valence-electron chi connectivity index (χ3n) is 3.13. The zero-order valence-electron chi connectivity index (χ0n) is 10.1. The number of carbonyl (C=O) groups excluding carboxylic acids is 1. The minimum atomic E-state index is 0.124. The van der Waals surface area contributed by atoms with Gasteiger partial charge in [-0.1, -0.05) is 0 Å². The first-order chi connectivity index (χ1) is 7.00. The molecule has 1 aliphatic heterocycles. The Kier molecular flexibility index (Phi) is 4.54. The number of piperazine rings is 1. The van der Waals surface area contributed by atoms with E-state index >= 15 is 0 Å². The van der Waals surface area contributed by atoms with E-state index in [2.05, 4.69) is 18.9 Å². The maximum absolute atomic E-state index is 11.8. The van der Waals surface area contributed by atoms with Gasteiger partial charge in [-0.2, -0.15) is 0 Å². The highest BCUT2D eigenvalue weighted by Gasteiger charge is 2.23. The van der Waals surface area contributed by atoms with Crippen molar-refractivity contribution in [2.75, 3.05) is 26.7 Å². The first kappa shape index (κ1) is 12.5. The molecule has 1 saturated heterocycles. The van der Waals surface area contributed by atoms with Crippen LogP contribution in [-0.2, 0) is 4.79 Å². The van der Waals surface area contributed by atoms with Crippen molar-refractivity contribution in [2.45, 2.75) is 38.8 Å². The van der Waals surface area contributed by atoms with Crippen LogP contribution in [0.3, 0.4) is 0 Å². The monoisotopic (exact) mass is 213 g/mol. The lowest BCUT2D eigenvalue weighted by atomic mass is 10.1. The molecule has 0 spiro atoms. The molecule has 4 heteroatoms. The van der Waals surface area contributed by atoms with Gasteiger partial charge in [-0.15, -0.1) is 0 Å². The van der Waals surface area contributed by atoms with Gasteiger partial charge in [0, 0.05) is 38.1 Å². The van der Waals surface area contributed by atoms with Crippen molar-refractivity contribution < 1.29 is 4.79 Å². The Balaban J connectivity index is 2.34. The van der Waals surface area contributed by atoms with Gasteiger partial charge >= 0.3 is 0 Å². The SMILES string of the molecule is CC(N)CCC(=O)N1CCN(C)C(C)C1. The van der Waals surface area contributed by atoms with Gasteiger partial charge in [-0.25, -0.2) is 0 Å². The predicted molar refractivity (Wildman–Crippen MR) is 61.6 cm³/mol. The highest BCUT2D eigenvalue weighted by Crippen LogP contribution is 2.09. The Bertz CT molecular complexity index is 218. The molecule has 2 unspecified atom stereocenters. The Morgan fingerprint density at radius 1 is 1.53 bits per heavy atom. The van der Waals surface area contributed by atoms with Crippen LogP contribution in [-0.4, -0.2) is 54.5 Å². The smallest absolute Gasteiger partial charge is 0.222 e. The first-order valence-corrected chi connectivity index (χ1v) is 5.74. The Labute approximate surface area is 92.4 Å². The van der Waals surface area contributed by atoms with Crippen LogP contribution >= 0.6 is 0 Å². The van der Waals surface area contributed by atoms with Crippen LogP contribution < -0.4 is 5.73 Å². The molecule has 4 nitrogen and oxygen atoms in total. The summed E-state index contributed by atoms with van der Waals surface area (Å²) < 4.78 is 0. The number of rotatable bonds is 3. The fraction of sp³-hybridized carbons (Fsp3) is 0.909. The predicted octanol–water partition coefficient (Wildman–Crippen LogP) is 0.276. The third kappa shape index (κ3) is 3.80. The number of carbonyl (C=O) groups is 1. The largest absolute Gasteiger partial charge is 0.340 e. The minimum absolute atomic E-state index is 0.124. The van der Waals surface area contributed by atoms with Gasteiger partial charge < -0.3 is 15.5 Å². The van der Waals surface area contributed by atoms with Crippen molar-refractivity contribution in [1.82, 2.24) is 9.80 Å². The van der Waals surface area contributed by atoms with Crippen LogP contribution in [0.1, 0.15) is 26.7 Å². The molecule has 88 valence electrons. The Hall–Kier alpha value is -0.610.